The molecule has 25 heavy (non-hydrogen) atoms. The standard InChI is InChI=1S/C18H22N2O4S/c1-4-20(5-2)25(22,23)17-8-6-7-15(13-17)19-18(21)12-11-16-10-9-14(3)24-16/h6-13H,4-5H2,1-3H3,(H,19,21)/b12-11+. The highest BCUT2D eigenvalue weighted by molar-refractivity contribution is 7.89. The summed E-state index contributed by atoms with van der Waals surface area (Å²) < 4.78 is 31.8. The van der Waals surface area contributed by atoms with Gasteiger partial charge in [-0.3, -0.25) is 4.79 Å². The van der Waals surface area contributed by atoms with Crippen LogP contribution in [0, 0.1) is 6.92 Å². The molecule has 0 fully saturated rings. The number of nitrogens with zero attached hydrogens (tertiary/aromatic N) is 1. The molecule has 1 N–H and O–H groups in total. The highest BCUT2D eigenvalue weighted by atomic mass is 32.2. The third kappa shape index (κ3) is 4.80. The van der Waals surface area contributed by atoms with Crippen LogP contribution in [-0.4, -0.2) is 31.7 Å². The highest BCUT2D eigenvalue weighted by Crippen LogP contribution is 2.19. The monoisotopic (exact) mass is 362 g/mol. The average molecular weight is 362 g/mol. The van der Waals surface area contributed by atoms with Crippen molar-refractivity contribution < 1.29 is 17.6 Å². The minimum absolute atomic E-state index is 0.152. The number of furan rings is 1. The van der Waals surface area contributed by atoms with Crippen LogP contribution in [0.1, 0.15) is 25.4 Å². The van der Waals surface area contributed by atoms with E-state index < -0.39 is 10.0 Å². The minimum atomic E-state index is -3.56. The van der Waals surface area contributed by atoms with Crippen molar-refractivity contribution in [2.45, 2.75) is 25.7 Å². The van der Waals surface area contributed by atoms with Crippen molar-refractivity contribution in [3.05, 3.63) is 54.0 Å². The first-order valence-electron chi connectivity index (χ1n) is 8.02. The van der Waals surface area contributed by atoms with Gasteiger partial charge in [-0.15, -0.1) is 0 Å². The summed E-state index contributed by atoms with van der Waals surface area (Å²) in [6.45, 7) is 6.17. The Labute approximate surface area is 148 Å². The zero-order chi connectivity index (χ0) is 18.4. The second kappa shape index (κ2) is 8.13. The SMILES string of the molecule is CCN(CC)S(=O)(=O)c1cccc(NC(=O)/C=C/c2ccc(C)o2)c1. The second-order valence-electron chi connectivity index (χ2n) is 5.39. The summed E-state index contributed by atoms with van der Waals surface area (Å²) in [5.74, 6) is 0.964. The largest absolute Gasteiger partial charge is 0.462 e. The van der Waals surface area contributed by atoms with E-state index >= 15 is 0 Å². The van der Waals surface area contributed by atoms with E-state index in [1.165, 1.54) is 22.5 Å². The van der Waals surface area contributed by atoms with Crippen molar-refractivity contribution in [2.24, 2.45) is 0 Å². The molecular weight excluding hydrogens is 340 g/mol. The van der Waals surface area contributed by atoms with Gasteiger partial charge >= 0.3 is 0 Å². The number of nitrogens with one attached hydrogen (secondary N) is 1. The van der Waals surface area contributed by atoms with Crippen molar-refractivity contribution in [1.82, 2.24) is 4.31 Å². The topological polar surface area (TPSA) is 79.6 Å². The first-order chi connectivity index (χ1) is 11.9. The fourth-order valence-electron chi connectivity index (χ4n) is 2.33. The summed E-state index contributed by atoms with van der Waals surface area (Å²) in [6.07, 6.45) is 2.89. The van der Waals surface area contributed by atoms with Gasteiger partial charge < -0.3 is 9.73 Å². The molecule has 7 heteroatoms. The molecular formula is C18H22N2O4S. The Hall–Kier alpha value is -2.38. The molecule has 0 atom stereocenters. The number of carbonyl (C=O) groups is 1. The first kappa shape index (κ1) is 19.0. The molecule has 0 aliphatic carbocycles. The predicted molar refractivity (Wildman–Crippen MR) is 97.7 cm³/mol. The first-order valence-corrected chi connectivity index (χ1v) is 9.46. The molecule has 134 valence electrons. The molecule has 1 aromatic heterocycles. The smallest absolute Gasteiger partial charge is 0.248 e. The lowest BCUT2D eigenvalue weighted by Crippen LogP contribution is -2.30. The summed E-state index contributed by atoms with van der Waals surface area (Å²) in [4.78, 5) is 12.2. The Bertz CT molecular complexity index is 865. The summed E-state index contributed by atoms with van der Waals surface area (Å²) >= 11 is 0. The summed E-state index contributed by atoms with van der Waals surface area (Å²) in [6, 6.07) is 9.78. The number of aryl methyl sites for hydroxylation is 1. The highest BCUT2D eigenvalue weighted by Gasteiger charge is 2.21. The van der Waals surface area contributed by atoms with E-state index in [-0.39, 0.29) is 10.8 Å². The van der Waals surface area contributed by atoms with E-state index in [2.05, 4.69) is 5.32 Å². The van der Waals surface area contributed by atoms with Gasteiger partial charge in [0.25, 0.3) is 0 Å². The van der Waals surface area contributed by atoms with Gasteiger partial charge in [0, 0.05) is 24.9 Å². The number of sulfonamides is 1. The van der Waals surface area contributed by atoms with Crippen molar-refractivity contribution >= 4 is 27.7 Å². The van der Waals surface area contributed by atoms with Crippen LogP contribution in [0.15, 0.2) is 51.8 Å². The maximum absolute atomic E-state index is 12.5. The number of hydrogen-bond acceptors (Lipinski definition) is 4. The van der Waals surface area contributed by atoms with Crippen molar-refractivity contribution in [2.75, 3.05) is 18.4 Å². The van der Waals surface area contributed by atoms with Crippen molar-refractivity contribution in [3.8, 4) is 0 Å². The normalized spacial score (nSPS) is 12.0. The Morgan fingerprint density at radius 2 is 1.92 bits per heavy atom. The van der Waals surface area contributed by atoms with E-state index in [0.29, 0.717) is 24.5 Å². The number of amides is 1. The Balaban J connectivity index is 2.13. The van der Waals surface area contributed by atoms with Crippen LogP contribution in [0.25, 0.3) is 6.08 Å². The van der Waals surface area contributed by atoms with Gasteiger partial charge in [-0.2, -0.15) is 4.31 Å². The van der Waals surface area contributed by atoms with Crippen LogP contribution < -0.4 is 5.32 Å². The molecule has 1 aromatic carbocycles. The van der Waals surface area contributed by atoms with Gasteiger partial charge in [0.15, 0.2) is 0 Å². The molecule has 6 nitrogen and oxygen atoms in total. The summed E-state index contributed by atoms with van der Waals surface area (Å²) in [5, 5.41) is 2.66. The molecule has 0 unspecified atom stereocenters. The van der Waals surface area contributed by atoms with Crippen LogP contribution in [-0.2, 0) is 14.8 Å². The Morgan fingerprint density at radius 1 is 1.20 bits per heavy atom. The number of hydrogen-bond donors (Lipinski definition) is 1. The van der Waals surface area contributed by atoms with Crippen molar-refractivity contribution in [1.29, 1.82) is 0 Å². The lowest BCUT2D eigenvalue weighted by molar-refractivity contribution is -0.111. The van der Waals surface area contributed by atoms with Gasteiger partial charge in [-0.1, -0.05) is 19.9 Å². The molecule has 1 heterocycles. The fraction of sp³-hybridized carbons (Fsp3) is 0.278. The molecule has 0 bridgehead atoms. The zero-order valence-electron chi connectivity index (χ0n) is 14.5. The molecule has 2 aromatic rings. The van der Waals surface area contributed by atoms with E-state index in [0.717, 1.165) is 5.76 Å². The van der Waals surface area contributed by atoms with Gasteiger partial charge in [-0.25, -0.2) is 8.42 Å². The lowest BCUT2D eigenvalue weighted by atomic mass is 10.3. The molecule has 0 radical (unpaired) electrons. The van der Waals surface area contributed by atoms with E-state index in [4.69, 9.17) is 4.42 Å². The number of anilines is 1. The molecule has 0 saturated heterocycles. The quantitative estimate of drug-likeness (QED) is 0.767. The Kier molecular flexibility index (Phi) is 6.17. The maximum Gasteiger partial charge on any atom is 0.248 e. The minimum Gasteiger partial charge on any atom is -0.462 e. The van der Waals surface area contributed by atoms with Gasteiger partial charge in [-0.05, 0) is 43.3 Å². The van der Waals surface area contributed by atoms with E-state index in [1.54, 1.807) is 44.2 Å². The molecule has 2 rings (SSSR count). The summed E-state index contributed by atoms with van der Waals surface area (Å²) in [7, 11) is -3.56. The molecule has 1 amide bonds. The molecule has 0 saturated carbocycles. The zero-order valence-corrected chi connectivity index (χ0v) is 15.3. The van der Waals surface area contributed by atoms with Gasteiger partial charge in [0.1, 0.15) is 11.5 Å². The predicted octanol–water partition coefficient (Wildman–Crippen LogP) is 3.27. The second-order valence-corrected chi connectivity index (χ2v) is 7.33. The van der Waals surface area contributed by atoms with Crippen molar-refractivity contribution in [3.63, 3.8) is 0 Å². The molecule has 0 aliphatic rings. The molecule has 0 aliphatic heterocycles. The Morgan fingerprint density at radius 3 is 2.52 bits per heavy atom. The number of carbonyl (C=O) groups excluding carboxylic acids is 1. The third-order valence-electron chi connectivity index (χ3n) is 3.60. The average Bonchev–Trinajstić information content (AvgIpc) is 2.99. The van der Waals surface area contributed by atoms with E-state index in [1.807, 2.05) is 6.92 Å². The number of rotatable bonds is 7. The fourth-order valence-corrected chi connectivity index (χ4v) is 3.84. The maximum atomic E-state index is 12.5. The van der Waals surface area contributed by atoms with Crippen LogP contribution in [0.4, 0.5) is 5.69 Å². The van der Waals surface area contributed by atoms with Gasteiger partial charge in [0.2, 0.25) is 15.9 Å². The number of benzene rings is 1. The van der Waals surface area contributed by atoms with Gasteiger partial charge in [0.05, 0.1) is 4.90 Å². The molecule has 0 spiro atoms. The van der Waals surface area contributed by atoms with Crippen LogP contribution >= 0.6 is 0 Å². The van der Waals surface area contributed by atoms with E-state index in [9.17, 15) is 13.2 Å². The van der Waals surface area contributed by atoms with Crippen LogP contribution in [0.3, 0.4) is 0 Å². The van der Waals surface area contributed by atoms with Crippen LogP contribution in [0.2, 0.25) is 0 Å². The summed E-state index contributed by atoms with van der Waals surface area (Å²) in [5.41, 5.74) is 0.415. The van der Waals surface area contributed by atoms with Crippen LogP contribution in [0.5, 0.6) is 0 Å². The lowest BCUT2D eigenvalue weighted by Gasteiger charge is -2.18. The third-order valence-corrected chi connectivity index (χ3v) is 5.65.